The van der Waals surface area contributed by atoms with Crippen LogP contribution in [0.15, 0.2) is 18.2 Å². The lowest BCUT2D eigenvalue weighted by Crippen LogP contribution is -2.46. The first kappa shape index (κ1) is 18.3. The van der Waals surface area contributed by atoms with Crippen molar-refractivity contribution in [1.29, 1.82) is 0 Å². The summed E-state index contributed by atoms with van der Waals surface area (Å²) in [5, 5.41) is 9.07. The van der Waals surface area contributed by atoms with Gasteiger partial charge < -0.3 is 20.3 Å². The highest BCUT2D eigenvalue weighted by Crippen LogP contribution is 2.30. The number of methoxy groups -OCH3 is 2. The Bertz CT molecular complexity index is 477. The first-order valence-corrected chi connectivity index (χ1v) is 7.54. The molecule has 0 amide bonds. The smallest absolute Gasteiger partial charge is 0.323 e. The van der Waals surface area contributed by atoms with Crippen LogP contribution in [0.25, 0.3) is 0 Å². The fourth-order valence-electron chi connectivity index (χ4n) is 2.71. The Hall–Kier alpha value is -1.75. The molecule has 2 unspecified atom stereocenters. The Labute approximate surface area is 132 Å². The van der Waals surface area contributed by atoms with Gasteiger partial charge in [0.2, 0.25) is 0 Å². The minimum atomic E-state index is -1.17. The van der Waals surface area contributed by atoms with Gasteiger partial charge in [-0.25, -0.2) is 0 Å². The van der Waals surface area contributed by atoms with Gasteiger partial charge in [-0.05, 0) is 44.2 Å². The second-order valence-electron chi connectivity index (χ2n) is 6.07. The van der Waals surface area contributed by atoms with Crippen LogP contribution in [0.1, 0.15) is 38.7 Å². The number of ether oxygens (including phenoxy) is 2. The summed E-state index contributed by atoms with van der Waals surface area (Å²) in [7, 11) is 3.29. The molecule has 1 aromatic carbocycles. The number of nitrogens with two attached hydrogens (primary N) is 1. The number of carbonyl (C=O) groups is 1. The zero-order chi connectivity index (χ0) is 16.8. The lowest BCUT2D eigenvalue weighted by atomic mass is 9.87. The summed E-state index contributed by atoms with van der Waals surface area (Å²) in [6.07, 6.45) is 3.12. The van der Waals surface area contributed by atoms with Gasteiger partial charge in [0, 0.05) is 5.56 Å². The van der Waals surface area contributed by atoms with Gasteiger partial charge in [-0.3, -0.25) is 4.79 Å². The van der Waals surface area contributed by atoms with Crippen molar-refractivity contribution >= 4 is 5.97 Å². The van der Waals surface area contributed by atoms with E-state index in [2.05, 4.69) is 0 Å². The molecule has 1 aromatic rings. The van der Waals surface area contributed by atoms with Crippen LogP contribution in [0.3, 0.4) is 0 Å². The number of hydrogen-bond donors (Lipinski definition) is 2. The second-order valence-corrected chi connectivity index (χ2v) is 6.07. The predicted octanol–water partition coefficient (Wildman–Crippen LogP) is 2.85. The van der Waals surface area contributed by atoms with Gasteiger partial charge >= 0.3 is 5.97 Å². The third-order valence-corrected chi connectivity index (χ3v) is 3.91. The number of rotatable bonds is 9. The fourth-order valence-corrected chi connectivity index (χ4v) is 2.71. The fraction of sp³-hybridized carbons (Fsp3) is 0.588. The summed E-state index contributed by atoms with van der Waals surface area (Å²) < 4.78 is 10.8. The molecule has 5 nitrogen and oxygen atoms in total. The minimum Gasteiger partial charge on any atom is -0.496 e. The van der Waals surface area contributed by atoms with Gasteiger partial charge in [0.15, 0.2) is 0 Å². The normalized spacial score (nSPS) is 15.0. The van der Waals surface area contributed by atoms with Gasteiger partial charge in [-0.2, -0.15) is 0 Å². The molecule has 0 saturated heterocycles. The second kappa shape index (κ2) is 8.03. The zero-order valence-electron chi connectivity index (χ0n) is 13.9. The molecule has 2 atom stereocenters. The van der Waals surface area contributed by atoms with E-state index in [1.54, 1.807) is 21.1 Å². The third-order valence-electron chi connectivity index (χ3n) is 3.91. The van der Waals surface area contributed by atoms with Gasteiger partial charge in [-0.1, -0.05) is 19.4 Å². The molecule has 5 heteroatoms. The maximum absolute atomic E-state index is 11.1. The summed E-state index contributed by atoms with van der Waals surface area (Å²) in [6.45, 7) is 3.60. The van der Waals surface area contributed by atoms with Crippen molar-refractivity contribution in [1.82, 2.24) is 0 Å². The van der Waals surface area contributed by atoms with Crippen molar-refractivity contribution in [2.24, 2.45) is 11.7 Å². The van der Waals surface area contributed by atoms with E-state index in [1.807, 2.05) is 25.1 Å². The molecule has 22 heavy (non-hydrogen) atoms. The molecule has 0 bridgehead atoms. The number of carboxylic acid groups (broad SMARTS) is 1. The van der Waals surface area contributed by atoms with Crippen LogP contribution in [0, 0.1) is 5.92 Å². The molecule has 3 N–H and O–H groups in total. The summed E-state index contributed by atoms with van der Waals surface area (Å²) in [4.78, 5) is 11.1. The van der Waals surface area contributed by atoms with E-state index >= 15 is 0 Å². The topological polar surface area (TPSA) is 81.8 Å². The summed E-state index contributed by atoms with van der Waals surface area (Å²) >= 11 is 0. The van der Waals surface area contributed by atoms with E-state index in [1.165, 1.54) is 0 Å². The maximum atomic E-state index is 11.1. The number of hydrogen-bond acceptors (Lipinski definition) is 4. The highest BCUT2D eigenvalue weighted by molar-refractivity contribution is 5.77. The van der Waals surface area contributed by atoms with Crippen molar-refractivity contribution in [3.63, 3.8) is 0 Å². The van der Waals surface area contributed by atoms with Gasteiger partial charge in [-0.15, -0.1) is 0 Å². The molecule has 124 valence electrons. The average Bonchev–Trinajstić information content (AvgIpc) is 2.46. The van der Waals surface area contributed by atoms with Crippen LogP contribution in [-0.4, -0.2) is 30.8 Å². The van der Waals surface area contributed by atoms with E-state index in [0.29, 0.717) is 6.42 Å². The highest BCUT2D eigenvalue weighted by Gasteiger charge is 2.29. The molecule has 0 fully saturated rings. The zero-order valence-corrected chi connectivity index (χ0v) is 13.9. The lowest BCUT2D eigenvalue weighted by molar-refractivity contribution is -0.143. The van der Waals surface area contributed by atoms with E-state index in [4.69, 9.17) is 20.3 Å². The average molecular weight is 309 g/mol. The number of benzene rings is 1. The van der Waals surface area contributed by atoms with Crippen molar-refractivity contribution in [2.45, 2.75) is 45.1 Å². The van der Waals surface area contributed by atoms with Gasteiger partial charge in [0.1, 0.15) is 17.0 Å². The Kier molecular flexibility index (Phi) is 6.68. The molecule has 0 saturated carbocycles. The molecule has 1 rings (SSSR count). The molecular formula is C17H27NO4. The minimum absolute atomic E-state index is 0.242. The SMILES string of the molecule is COc1cccc(OC)c1CCCC(C)CC(C)(N)C(=O)O. The largest absolute Gasteiger partial charge is 0.496 e. The molecule has 0 aliphatic heterocycles. The number of aliphatic carboxylic acids is 1. The van der Waals surface area contributed by atoms with Crippen molar-refractivity contribution in [3.8, 4) is 11.5 Å². The predicted molar refractivity (Wildman–Crippen MR) is 86.5 cm³/mol. The summed E-state index contributed by atoms with van der Waals surface area (Å²) in [6, 6.07) is 5.74. The van der Waals surface area contributed by atoms with E-state index < -0.39 is 11.5 Å². The van der Waals surface area contributed by atoms with E-state index in [0.717, 1.165) is 36.3 Å². The summed E-state index contributed by atoms with van der Waals surface area (Å²) in [5.41, 5.74) is 5.68. The van der Waals surface area contributed by atoms with Crippen molar-refractivity contribution in [3.05, 3.63) is 23.8 Å². The third kappa shape index (κ3) is 4.91. The van der Waals surface area contributed by atoms with Crippen LogP contribution in [0.5, 0.6) is 11.5 Å². The van der Waals surface area contributed by atoms with Crippen LogP contribution in [0.2, 0.25) is 0 Å². The Morgan fingerprint density at radius 2 is 1.86 bits per heavy atom. The Morgan fingerprint density at radius 3 is 2.32 bits per heavy atom. The first-order chi connectivity index (χ1) is 10.3. The Balaban J connectivity index is 2.59. The molecular weight excluding hydrogens is 282 g/mol. The first-order valence-electron chi connectivity index (χ1n) is 7.54. The molecule has 0 aromatic heterocycles. The molecule has 0 radical (unpaired) electrons. The Morgan fingerprint density at radius 1 is 1.32 bits per heavy atom. The highest BCUT2D eigenvalue weighted by atomic mass is 16.5. The van der Waals surface area contributed by atoms with Crippen molar-refractivity contribution < 1.29 is 19.4 Å². The maximum Gasteiger partial charge on any atom is 0.323 e. The van der Waals surface area contributed by atoms with Crippen molar-refractivity contribution in [2.75, 3.05) is 14.2 Å². The standard InChI is InChI=1S/C17H27NO4/c1-12(11-17(2,18)16(19)20)7-5-8-13-14(21-3)9-6-10-15(13)22-4/h6,9-10,12H,5,7-8,11,18H2,1-4H3,(H,19,20). The van der Waals surface area contributed by atoms with Crippen LogP contribution in [-0.2, 0) is 11.2 Å². The quantitative estimate of drug-likeness (QED) is 0.733. The van der Waals surface area contributed by atoms with Crippen LogP contribution < -0.4 is 15.2 Å². The lowest BCUT2D eigenvalue weighted by Gasteiger charge is -2.23. The summed E-state index contributed by atoms with van der Waals surface area (Å²) in [5.74, 6) is 0.931. The van der Waals surface area contributed by atoms with Crippen LogP contribution in [0.4, 0.5) is 0 Å². The van der Waals surface area contributed by atoms with E-state index in [-0.39, 0.29) is 5.92 Å². The van der Waals surface area contributed by atoms with Crippen LogP contribution >= 0.6 is 0 Å². The van der Waals surface area contributed by atoms with Gasteiger partial charge in [0.05, 0.1) is 14.2 Å². The number of carboxylic acids is 1. The molecule has 0 aliphatic rings. The van der Waals surface area contributed by atoms with E-state index in [9.17, 15) is 4.79 Å². The van der Waals surface area contributed by atoms with Gasteiger partial charge in [0.25, 0.3) is 0 Å². The molecule has 0 spiro atoms. The molecule has 0 heterocycles. The monoisotopic (exact) mass is 309 g/mol. The molecule has 0 aliphatic carbocycles.